The number of aromatic nitrogens is 2. The van der Waals surface area contributed by atoms with Crippen molar-refractivity contribution in [2.45, 2.75) is 6.18 Å². The molecule has 0 aliphatic rings. The van der Waals surface area contributed by atoms with Crippen LogP contribution in [-0.2, 0) is 6.18 Å². The van der Waals surface area contributed by atoms with Crippen molar-refractivity contribution in [3.63, 3.8) is 0 Å². The number of hydrogen-bond donors (Lipinski definition) is 3. The predicted molar refractivity (Wildman–Crippen MR) is 71.1 cm³/mol. The number of halogens is 3. The highest BCUT2D eigenvalue weighted by Crippen LogP contribution is 2.30. The summed E-state index contributed by atoms with van der Waals surface area (Å²) in [5, 5.41) is 2.74. The molecule has 2 rings (SSSR count). The molecule has 4 N–H and O–H groups in total. The van der Waals surface area contributed by atoms with E-state index in [-0.39, 0.29) is 11.8 Å². The number of nitrogens with zero attached hydrogens (tertiary/aromatic N) is 2. The first-order chi connectivity index (χ1) is 9.92. The van der Waals surface area contributed by atoms with Gasteiger partial charge in [0.25, 0.3) is 0 Å². The van der Waals surface area contributed by atoms with Gasteiger partial charge >= 0.3 is 6.18 Å². The van der Waals surface area contributed by atoms with E-state index >= 15 is 0 Å². The molecule has 0 aliphatic heterocycles. The standard InChI is InChI=1S/C12H12F3N5O/c1-21-8-4-2-7(3-5-8)17-10-6-9(12(13,14)15)18-11(19-10)20-16/h2-6H,16H2,1H3,(H2,17,18,19,20). The number of rotatable bonds is 4. The Bertz CT molecular complexity index is 615. The minimum atomic E-state index is -4.59. The number of benzene rings is 1. The van der Waals surface area contributed by atoms with E-state index in [0.29, 0.717) is 11.4 Å². The van der Waals surface area contributed by atoms with E-state index in [1.807, 2.05) is 5.43 Å². The van der Waals surface area contributed by atoms with Crippen LogP contribution in [0.2, 0.25) is 0 Å². The second-order valence-electron chi connectivity index (χ2n) is 3.96. The highest BCUT2D eigenvalue weighted by Gasteiger charge is 2.33. The van der Waals surface area contributed by atoms with Gasteiger partial charge in [-0.15, -0.1) is 0 Å². The number of anilines is 3. The van der Waals surface area contributed by atoms with Crippen LogP contribution < -0.4 is 21.3 Å². The van der Waals surface area contributed by atoms with Crippen LogP contribution in [0.15, 0.2) is 30.3 Å². The van der Waals surface area contributed by atoms with Crippen LogP contribution in [-0.4, -0.2) is 17.1 Å². The van der Waals surface area contributed by atoms with Crippen molar-refractivity contribution in [3.8, 4) is 5.75 Å². The molecule has 1 aromatic heterocycles. The summed E-state index contributed by atoms with van der Waals surface area (Å²) in [7, 11) is 1.52. The maximum atomic E-state index is 12.7. The molecular formula is C12H12F3N5O. The van der Waals surface area contributed by atoms with Crippen molar-refractivity contribution < 1.29 is 17.9 Å². The van der Waals surface area contributed by atoms with Gasteiger partial charge in [0.1, 0.15) is 11.6 Å². The zero-order valence-corrected chi connectivity index (χ0v) is 10.9. The number of nitrogens with two attached hydrogens (primary N) is 1. The number of hydrogen-bond acceptors (Lipinski definition) is 6. The van der Waals surface area contributed by atoms with Crippen molar-refractivity contribution in [2.24, 2.45) is 5.84 Å². The van der Waals surface area contributed by atoms with Gasteiger partial charge in [-0.05, 0) is 24.3 Å². The van der Waals surface area contributed by atoms with Gasteiger partial charge in [-0.25, -0.2) is 10.8 Å². The van der Waals surface area contributed by atoms with Crippen LogP contribution in [0, 0.1) is 0 Å². The second kappa shape index (κ2) is 5.83. The van der Waals surface area contributed by atoms with E-state index in [2.05, 4.69) is 15.3 Å². The summed E-state index contributed by atoms with van der Waals surface area (Å²) in [6, 6.07) is 7.41. The minimum Gasteiger partial charge on any atom is -0.497 e. The van der Waals surface area contributed by atoms with Crippen LogP contribution in [0.4, 0.5) is 30.6 Å². The number of hydrazine groups is 1. The smallest absolute Gasteiger partial charge is 0.433 e. The fourth-order valence-electron chi connectivity index (χ4n) is 1.54. The Morgan fingerprint density at radius 2 is 1.81 bits per heavy atom. The highest BCUT2D eigenvalue weighted by atomic mass is 19.4. The second-order valence-corrected chi connectivity index (χ2v) is 3.96. The third-order valence-corrected chi connectivity index (χ3v) is 2.51. The molecule has 0 saturated carbocycles. The van der Waals surface area contributed by atoms with Gasteiger partial charge < -0.3 is 10.1 Å². The highest BCUT2D eigenvalue weighted by molar-refractivity contribution is 5.58. The summed E-state index contributed by atoms with van der Waals surface area (Å²) < 4.78 is 43.1. The van der Waals surface area contributed by atoms with Gasteiger partial charge in [-0.2, -0.15) is 18.2 Å². The zero-order chi connectivity index (χ0) is 15.5. The molecule has 0 saturated heterocycles. The third kappa shape index (κ3) is 3.72. The molecule has 2 aromatic rings. The lowest BCUT2D eigenvalue weighted by Crippen LogP contribution is -2.16. The Balaban J connectivity index is 2.29. The first kappa shape index (κ1) is 14.9. The van der Waals surface area contributed by atoms with Crippen LogP contribution in [0.3, 0.4) is 0 Å². The number of nitrogen functional groups attached to an aromatic ring is 1. The quantitative estimate of drug-likeness (QED) is 0.594. The lowest BCUT2D eigenvalue weighted by Gasteiger charge is -2.11. The van der Waals surface area contributed by atoms with E-state index in [9.17, 15) is 13.2 Å². The molecule has 1 aromatic carbocycles. The van der Waals surface area contributed by atoms with Crippen LogP contribution in [0.5, 0.6) is 5.75 Å². The molecule has 0 spiro atoms. The number of ether oxygens (including phenoxy) is 1. The summed E-state index contributed by atoms with van der Waals surface area (Å²) >= 11 is 0. The Kier molecular flexibility index (Phi) is 4.13. The molecule has 6 nitrogen and oxygen atoms in total. The SMILES string of the molecule is COc1ccc(Nc2cc(C(F)(F)F)nc(NN)n2)cc1. The van der Waals surface area contributed by atoms with E-state index in [1.54, 1.807) is 24.3 Å². The lowest BCUT2D eigenvalue weighted by molar-refractivity contribution is -0.141. The van der Waals surface area contributed by atoms with Crippen LogP contribution >= 0.6 is 0 Å². The Morgan fingerprint density at radius 3 is 2.33 bits per heavy atom. The molecule has 0 fully saturated rings. The molecule has 0 atom stereocenters. The van der Waals surface area contributed by atoms with Gasteiger partial charge in [-0.1, -0.05) is 0 Å². The first-order valence-electron chi connectivity index (χ1n) is 5.76. The van der Waals surface area contributed by atoms with E-state index < -0.39 is 11.9 Å². The number of nitrogens with one attached hydrogen (secondary N) is 2. The van der Waals surface area contributed by atoms with Crippen molar-refractivity contribution in [1.29, 1.82) is 0 Å². The molecule has 0 unspecified atom stereocenters. The van der Waals surface area contributed by atoms with Crippen molar-refractivity contribution in [2.75, 3.05) is 17.9 Å². The Hall–Kier alpha value is -2.55. The molecule has 0 bridgehead atoms. The fourth-order valence-corrected chi connectivity index (χ4v) is 1.54. The number of alkyl halides is 3. The monoisotopic (exact) mass is 299 g/mol. The first-order valence-corrected chi connectivity index (χ1v) is 5.76. The average Bonchev–Trinajstić information content (AvgIpc) is 2.46. The molecule has 9 heteroatoms. The summed E-state index contributed by atoms with van der Waals surface area (Å²) in [4.78, 5) is 7.07. The average molecular weight is 299 g/mol. The summed E-state index contributed by atoms with van der Waals surface area (Å²) in [6.07, 6.45) is -4.59. The van der Waals surface area contributed by atoms with Crippen molar-refractivity contribution in [1.82, 2.24) is 9.97 Å². The van der Waals surface area contributed by atoms with E-state index in [4.69, 9.17) is 10.6 Å². The minimum absolute atomic E-state index is 0.0320. The Morgan fingerprint density at radius 1 is 1.14 bits per heavy atom. The summed E-state index contributed by atoms with van der Waals surface area (Å²) in [5.74, 6) is 5.34. The topological polar surface area (TPSA) is 85.1 Å². The maximum Gasteiger partial charge on any atom is 0.433 e. The molecule has 0 radical (unpaired) electrons. The Labute approximate surface area is 118 Å². The molecule has 0 amide bonds. The maximum absolute atomic E-state index is 12.7. The van der Waals surface area contributed by atoms with Gasteiger partial charge in [-0.3, -0.25) is 5.43 Å². The van der Waals surface area contributed by atoms with E-state index in [1.165, 1.54) is 7.11 Å². The third-order valence-electron chi connectivity index (χ3n) is 2.51. The van der Waals surface area contributed by atoms with Crippen LogP contribution in [0.1, 0.15) is 5.69 Å². The normalized spacial score (nSPS) is 11.1. The van der Waals surface area contributed by atoms with Gasteiger partial charge in [0.05, 0.1) is 7.11 Å². The summed E-state index contributed by atoms with van der Waals surface area (Å²) in [5.41, 5.74) is 1.45. The fraction of sp³-hybridized carbons (Fsp3) is 0.167. The molecule has 1 heterocycles. The lowest BCUT2D eigenvalue weighted by atomic mass is 10.3. The molecule has 0 aliphatic carbocycles. The van der Waals surface area contributed by atoms with Crippen LogP contribution in [0.25, 0.3) is 0 Å². The predicted octanol–water partition coefficient (Wildman–Crippen LogP) is 2.53. The van der Waals surface area contributed by atoms with Gasteiger partial charge in [0.2, 0.25) is 5.95 Å². The van der Waals surface area contributed by atoms with E-state index in [0.717, 1.165) is 6.07 Å². The largest absolute Gasteiger partial charge is 0.497 e. The molecular weight excluding hydrogens is 287 g/mol. The van der Waals surface area contributed by atoms with Crippen molar-refractivity contribution >= 4 is 17.5 Å². The number of methoxy groups -OCH3 is 1. The van der Waals surface area contributed by atoms with Gasteiger partial charge in [0.15, 0.2) is 5.69 Å². The molecule has 112 valence electrons. The van der Waals surface area contributed by atoms with Crippen molar-refractivity contribution in [3.05, 3.63) is 36.0 Å². The van der Waals surface area contributed by atoms with Gasteiger partial charge in [0, 0.05) is 11.8 Å². The summed E-state index contributed by atoms with van der Waals surface area (Å²) in [6.45, 7) is 0. The zero-order valence-electron chi connectivity index (χ0n) is 10.9. The molecule has 21 heavy (non-hydrogen) atoms.